The molecule has 27 heavy (non-hydrogen) atoms. The van der Waals surface area contributed by atoms with Gasteiger partial charge >= 0.3 is 17.9 Å². The van der Waals surface area contributed by atoms with Crippen LogP contribution in [0.2, 0.25) is 0 Å². The molecule has 0 heterocycles. The first-order valence-corrected chi connectivity index (χ1v) is 8.19. The molecule has 0 unspecified atom stereocenters. The predicted molar refractivity (Wildman–Crippen MR) is 92.1 cm³/mol. The van der Waals surface area contributed by atoms with E-state index in [1.807, 2.05) is 0 Å². The fourth-order valence-corrected chi connectivity index (χ4v) is 2.84. The summed E-state index contributed by atoms with van der Waals surface area (Å²) in [6, 6.07) is 9.60. The Balaban J connectivity index is 1.90. The predicted octanol–water partition coefficient (Wildman–Crippen LogP) is 3.04. The second-order valence-corrected chi connectivity index (χ2v) is 6.21. The van der Waals surface area contributed by atoms with Crippen LogP contribution in [0, 0.1) is 5.82 Å². The van der Waals surface area contributed by atoms with Crippen LogP contribution in [0.5, 0.6) is 5.75 Å². The molecule has 2 aromatic carbocycles. The molecule has 0 N–H and O–H groups in total. The highest BCUT2D eigenvalue weighted by molar-refractivity contribution is 5.96. The lowest BCUT2D eigenvalue weighted by molar-refractivity contribution is -0.137. The molecule has 6 nitrogen and oxygen atoms in total. The van der Waals surface area contributed by atoms with Gasteiger partial charge in [0.05, 0.1) is 30.8 Å². The van der Waals surface area contributed by atoms with Gasteiger partial charge in [-0.2, -0.15) is 0 Å². The monoisotopic (exact) mass is 372 g/mol. The van der Waals surface area contributed by atoms with Crippen LogP contribution in [0.4, 0.5) is 4.39 Å². The van der Waals surface area contributed by atoms with Gasteiger partial charge in [-0.1, -0.05) is 12.1 Å². The number of hydrogen-bond acceptors (Lipinski definition) is 6. The zero-order valence-electron chi connectivity index (χ0n) is 14.8. The maximum absolute atomic E-state index is 13.1. The van der Waals surface area contributed by atoms with Crippen molar-refractivity contribution in [2.45, 2.75) is 18.3 Å². The summed E-state index contributed by atoms with van der Waals surface area (Å²) in [5, 5.41) is 0. The quantitative estimate of drug-likeness (QED) is 0.593. The number of methoxy groups -OCH3 is 2. The fraction of sp³-hybridized carbons (Fsp3) is 0.250. The third-order valence-corrected chi connectivity index (χ3v) is 4.50. The minimum Gasteiger partial charge on any atom is -0.465 e. The molecule has 1 aliphatic rings. The standard InChI is InChI=1S/C20H17FO6/c1-25-17(22)12-9-13(18(23)26-2)11-16(10-12)27-19(24)20(7-8-20)14-3-5-15(21)6-4-14/h3-6,9-11H,7-8H2,1-2H3. The lowest BCUT2D eigenvalue weighted by Crippen LogP contribution is -2.26. The molecule has 1 fully saturated rings. The zero-order chi connectivity index (χ0) is 19.6. The highest BCUT2D eigenvalue weighted by atomic mass is 19.1. The highest BCUT2D eigenvalue weighted by Crippen LogP contribution is 2.49. The average molecular weight is 372 g/mol. The van der Waals surface area contributed by atoms with E-state index in [-0.39, 0.29) is 16.9 Å². The Morgan fingerprint density at radius 1 is 0.889 bits per heavy atom. The minimum atomic E-state index is -0.847. The Morgan fingerprint density at radius 2 is 1.41 bits per heavy atom. The molecule has 140 valence electrons. The molecule has 1 aliphatic carbocycles. The maximum Gasteiger partial charge on any atom is 0.338 e. The summed E-state index contributed by atoms with van der Waals surface area (Å²) in [6.07, 6.45) is 1.13. The molecule has 0 bridgehead atoms. The summed E-state index contributed by atoms with van der Waals surface area (Å²) in [4.78, 5) is 36.4. The van der Waals surface area contributed by atoms with Crippen molar-refractivity contribution in [1.82, 2.24) is 0 Å². The normalized spacial score (nSPS) is 14.2. The van der Waals surface area contributed by atoms with E-state index in [1.54, 1.807) is 12.1 Å². The molecule has 0 spiro atoms. The first-order valence-electron chi connectivity index (χ1n) is 8.19. The van der Waals surface area contributed by atoms with Crippen LogP contribution < -0.4 is 4.74 Å². The summed E-state index contributed by atoms with van der Waals surface area (Å²) < 4.78 is 27.9. The Bertz CT molecular complexity index is 865. The second-order valence-electron chi connectivity index (χ2n) is 6.21. The van der Waals surface area contributed by atoms with Crippen molar-refractivity contribution in [3.63, 3.8) is 0 Å². The number of halogens is 1. The molecule has 0 amide bonds. The summed E-state index contributed by atoms with van der Waals surface area (Å²) in [5.41, 5.74) is -0.0868. The number of benzene rings is 2. The zero-order valence-corrected chi connectivity index (χ0v) is 14.8. The van der Waals surface area contributed by atoms with E-state index in [9.17, 15) is 18.8 Å². The van der Waals surface area contributed by atoms with Gasteiger partial charge in [0.25, 0.3) is 0 Å². The minimum absolute atomic E-state index is 0.0247. The van der Waals surface area contributed by atoms with Gasteiger partial charge in [0.1, 0.15) is 11.6 Å². The van der Waals surface area contributed by atoms with E-state index < -0.39 is 29.1 Å². The number of carbonyl (C=O) groups is 3. The van der Waals surface area contributed by atoms with Crippen molar-refractivity contribution in [3.8, 4) is 5.75 Å². The summed E-state index contributed by atoms with van der Waals surface area (Å²) in [6.45, 7) is 0. The molecule has 0 atom stereocenters. The Kier molecular flexibility index (Phi) is 4.94. The van der Waals surface area contributed by atoms with Crippen molar-refractivity contribution in [2.75, 3.05) is 14.2 Å². The first-order chi connectivity index (χ1) is 12.9. The third kappa shape index (κ3) is 3.67. The van der Waals surface area contributed by atoms with Gasteiger partial charge in [-0.05, 0) is 48.7 Å². The van der Waals surface area contributed by atoms with E-state index in [1.165, 1.54) is 44.6 Å². The van der Waals surface area contributed by atoms with Crippen molar-refractivity contribution >= 4 is 17.9 Å². The molecular formula is C20H17FO6. The van der Waals surface area contributed by atoms with E-state index in [4.69, 9.17) is 4.74 Å². The van der Waals surface area contributed by atoms with Crippen LogP contribution in [0.3, 0.4) is 0 Å². The van der Waals surface area contributed by atoms with E-state index in [0.717, 1.165) is 0 Å². The molecule has 2 aromatic rings. The molecule has 1 saturated carbocycles. The van der Waals surface area contributed by atoms with Crippen molar-refractivity contribution in [3.05, 3.63) is 65.0 Å². The van der Waals surface area contributed by atoms with Gasteiger partial charge in [0, 0.05) is 0 Å². The van der Waals surface area contributed by atoms with Crippen molar-refractivity contribution in [2.24, 2.45) is 0 Å². The van der Waals surface area contributed by atoms with Crippen LogP contribution in [0.1, 0.15) is 39.1 Å². The highest BCUT2D eigenvalue weighted by Gasteiger charge is 2.53. The van der Waals surface area contributed by atoms with Gasteiger partial charge in [-0.25, -0.2) is 14.0 Å². The average Bonchev–Trinajstić information content (AvgIpc) is 3.49. The van der Waals surface area contributed by atoms with Gasteiger partial charge in [0.2, 0.25) is 0 Å². The van der Waals surface area contributed by atoms with Crippen molar-refractivity contribution < 1.29 is 33.0 Å². The lowest BCUT2D eigenvalue weighted by atomic mass is 9.96. The fourth-order valence-electron chi connectivity index (χ4n) is 2.84. The van der Waals surface area contributed by atoms with Crippen LogP contribution in [-0.4, -0.2) is 32.1 Å². The summed E-state index contributed by atoms with van der Waals surface area (Å²) in [5.74, 6) is -2.27. The molecule has 0 radical (unpaired) electrons. The number of carbonyl (C=O) groups excluding carboxylic acids is 3. The molecule has 0 saturated heterocycles. The maximum atomic E-state index is 13.1. The van der Waals surface area contributed by atoms with Crippen LogP contribution >= 0.6 is 0 Å². The Hall–Kier alpha value is -3.22. The number of rotatable bonds is 5. The molecule has 3 rings (SSSR count). The number of esters is 3. The van der Waals surface area contributed by atoms with Gasteiger partial charge in [-0.15, -0.1) is 0 Å². The van der Waals surface area contributed by atoms with Crippen molar-refractivity contribution in [1.29, 1.82) is 0 Å². The lowest BCUT2D eigenvalue weighted by Gasteiger charge is -2.15. The molecule has 0 aromatic heterocycles. The molecule has 7 heteroatoms. The Morgan fingerprint density at radius 3 is 1.85 bits per heavy atom. The van der Waals surface area contributed by atoms with E-state index in [2.05, 4.69) is 9.47 Å². The van der Waals surface area contributed by atoms with Crippen LogP contribution in [0.25, 0.3) is 0 Å². The third-order valence-electron chi connectivity index (χ3n) is 4.50. The topological polar surface area (TPSA) is 78.9 Å². The number of hydrogen-bond donors (Lipinski definition) is 0. The molecular weight excluding hydrogens is 355 g/mol. The molecule has 0 aliphatic heterocycles. The summed E-state index contributed by atoms with van der Waals surface area (Å²) >= 11 is 0. The largest absolute Gasteiger partial charge is 0.465 e. The summed E-state index contributed by atoms with van der Waals surface area (Å²) in [7, 11) is 2.40. The first kappa shape index (κ1) is 18.6. The Labute approximate surface area is 154 Å². The smallest absolute Gasteiger partial charge is 0.338 e. The SMILES string of the molecule is COC(=O)c1cc(OC(=O)C2(c3ccc(F)cc3)CC2)cc(C(=O)OC)c1. The van der Waals surface area contributed by atoms with E-state index in [0.29, 0.717) is 18.4 Å². The van der Waals surface area contributed by atoms with Gasteiger partial charge in [-0.3, -0.25) is 4.79 Å². The van der Waals surface area contributed by atoms with E-state index >= 15 is 0 Å². The van der Waals surface area contributed by atoms with Gasteiger partial charge < -0.3 is 14.2 Å². The second kappa shape index (κ2) is 7.19. The number of ether oxygens (including phenoxy) is 3. The van der Waals surface area contributed by atoms with Gasteiger partial charge in [0.15, 0.2) is 0 Å². The van der Waals surface area contributed by atoms with Crippen LogP contribution in [0.15, 0.2) is 42.5 Å². The van der Waals surface area contributed by atoms with Crippen LogP contribution in [-0.2, 0) is 19.7 Å².